The van der Waals surface area contributed by atoms with Crippen molar-refractivity contribution in [2.24, 2.45) is 0 Å². The van der Waals surface area contributed by atoms with Crippen LogP contribution < -0.4 is 4.72 Å². The molecule has 0 atom stereocenters. The Labute approximate surface area is 159 Å². The van der Waals surface area contributed by atoms with Gasteiger partial charge in [0.15, 0.2) is 0 Å². The number of likely N-dealkylation sites (tertiary alicyclic amines) is 1. The van der Waals surface area contributed by atoms with Crippen LogP contribution in [-0.2, 0) is 10.0 Å². The predicted molar refractivity (Wildman–Crippen MR) is 103 cm³/mol. The molecule has 0 aromatic heterocycles. The van der Waals surface area contributed by atoms with E-state index in [1.165, 1.54) is 19.1 Å². The first-order valence-electron chi connectivity index (χ1n) is 9.06. The Balaban J connectivity index is 1.90. The van der Waals surface area contributed by atoms with E-state index in [1.807, 2.05) is 0 Å². The van der Waals surface area contributed by atoms with Gasteiger partial charge in [-0.25, -0.2) is 12.8 Å². The third-order valence-corrected chi connectivity index (χ3v) is 6.25. The van der Waals surface area contributed by atoms with Crippen LogP contribution in [0.15, 0.2) is 47.4 Å². The molecular formula is C20H23FN2O3S. The standard InChI is InChI=1S/C20H23FN2O3S/c1-15-14-16(21)10-11-19(15)27(25,26)22-18-9-5-4-8-17(18)20(24)23-12-6-2-3-7-13-23/h4-5,8-11,14,22H,2-3,6-7,12-13H2,1H3. The molecule has 1 saturated heterocycles. The number of anilines is 1. The number of halogens is 1. The van der Waals surface area contributed by atoms with Crippen LogP contribution in [0.25, 0.3) is 0 Å². The molecule has 0 unspecified atom stereocenters. The Kier molecular flexibility index (Phi) is 5.79. The average Bonchev–Trinajstić information content (AvgIpc) is 2.90. The summed E-state index contributed by atoms with van der Waals surface area (Å²) in [7, 11) is -3.94. The predicted octanol–water partition coefficient (Wildman–Crippen LogP) is 3.95. The zero-order valence-electron chi connectivity index (χ0n) is 15.2. The third-order valence-electron chi connectivity index (χ3n) is 4.72. The van der Waals surface area contributed by atoms with Crippen molar-refractivity contribution in [3.8, 4) is 0 Å². The van der Waals surface area contributed by atoms with Gasteiger partial charge in [0, 0.05) is 13.1 Å². The van der Waals surface area contributed by atoms with E-state index in [0.717, 1.165) is 31.7 Å². The summed E-state index contributed by atoms with van der Waals surface area (Å²) in [6, 6.07) is 10.1. The highest BCUT2D eigenvalue weighted by Crippen LogP contribution is 2.24. The molecule has 0 saturated carbocycles. The van der Waals surface area contributed by atoms with Gasteiger partial charge in [-0.2, -0.15) is 0 Å². The van der Waals surface area contributed by atoms with Gasteiger partial charge in [0.05, 0.1) is 16.1 Å². The highest BCUT2D eigenvalue weighted by Gasteiger charge is 2.23. The van der Waals surface area contributed by atoms with Gasteiger partial charge in [-0.1, -0.05) is 25.0 Å². The molecule has 27 heavy (non-hydrogen) atoms. The van der Waals surface area contributed by atoms with E-state index in [1.54, 1.807) is 29.2 Å². The van der Waals surface area contributed by atoms with Crippen LogP contribution in [0.5, 0.6) is 0 Å². The monoisotopic (exact) mass is 390 g/mol. The van der Waals surface area contributed by atoms with Crippen molar-refractivity contribution >= 4 is 21.6 Å². The Bertz CT molecular complexity index is 936. The van der Waals surface area contributed by atoms with Crippen LogP contribution in [0.3, 0.4) is 0 Å². The van der Waals surface area contributed by atoms with E-state index in [9.17, 15) is 17.6 Å². The minimum Gasteiger partial charge on any atom is -0.339 e. The second-order valence-electron chi connectivity index (χ2n) is 6.77. The summed E-state index contributed by atoms with van der Waals surface area (Å²) in [4.78, 5) is 14.7. The Morgan fingerprint density at radius 3 is 2.37 bits per heavy atom. The number of benzene rings is 2. The lowest BCUT2D eigenvalue weighted by atomic mass is 10.1. The number of aryl methyl sites for hydroxylation is 1. The second-order valence-corrected chi connectivity index (χ2v) is 8.42. The average molecular weight is 390 g/mol. The van der Waals surface area contributed by atoms with Crippen LogP contribution in [0.2, 0.25) is 0 Å². The zero-order valence-corrected chi connectivity index (χ0v) is 16.1. The van der Waals surface area contributed by atoms with Gasteiger partial charge < -0.3 is 4.90 Å². The second kappa shape index (κ2) is 8.08. The van der Waals surface area contributed by atoms with E-state index < -0.39 is 15.8 Å². The summed E-state index contributed by atoms with van der Waals surface area (Å²) >= 11 is 0. The molecule has 1 fully saturated rings. The molecule has 0 spiro atoms. The lowest BCUT2D eigenvalue weighted by Gasteiger charge is -2.22. The first-order chi connectivity index (χ1) is 12.9. The van der Waals surface area contributed by atoms with E-state index >= 15 is 0 Å². The maximum atomic E-state index is 13.3. The molecule has 2 aromatic carbocycles. The van der Waals surface area contributed by atoms with Crippen LogP contribution in [-0.4, -0.2) is 32.3 Å². The number of hydrogen-bond acceptors (Lipinski definition) is 3. The molecule has 144 valence electrons. The molecule has 1 aliphatic heterocycles. The van der Waals surface area contributed by atoms with Crippen LogP contribution in [0, 0.1) is 12.7 Å². The molecule has 1 N–H and O–H groups in total. The molecule has 7 heteroatoms. The lowest BCUT2D eigenvalue weighted by molar-refractivity contribution is 0.0762. The molecule has 5 nitrogen and oxygen atoms in total. The van der Waals surface area contributed by atoms with Crippen LogP contribution in [0.4, 0.5) is 10.1 Å². The number of amides is 1. The first-order valence-corrected chi connectivity index (χ1v) is 10.5. The van der Waals surface area contributed by atoms with Crippen molar-refractivity contribution < 1.29 is 17.6 Å². The fraction of sp³-hybridized carbons (Fsp3) is 0.350. The molecule has 1 aliphatic rings. The van der Waals surface area contributed by atoms with Gasteiger partial charge in [0.25, 0.3) is 15.9 Å². The fourth-order valence-electron chi connectivity index (χ4n) is 3.32. The van der Waals surface area contributed by atoms with E-state index in [-0.39, 0.29) is 16.5 Å². The Morgan fingerprint density at radius 1 is 1.04 bits per heavy atom. The summed E-state index contributed by atoms with van der Waals surface area (Å²) in [5.74, 6) is -0.672. The van der Waals surface area contributed by atoms with Crippen molar-refractivity contribution in [3.05, 3.63) is 59.4 Å². The number of para-hydroxylation sites is 1. The topological polar surface area (TPSA) is 66.5 Å². The van der Waals surface area contributed by atoms with Crippen molar-refractivity contribution in [1.29, 1.82) is 0 Å². The number of sulfonamides is 1. The van der Waals surface area contributed by atoms with Gasteiger partial charge in [-0.15, -0.1) is 0 Å². The number of carbonyl (C=O) groups is 1. The number of nitrogens with zero attached hydrogens (tertiary/aromatic N) is 1. The third kappa shape index (κ3) is 4.47. The molecule has 1 amide bonds. The van der Waals surface area contributed by atoms with E-state index in [4.69, 9.17) is 0 Å². The summed E-state index contributed by atoms with van der Waals surface area (Å²) in [6.07, 6.45) is 4.10. The highest BCUT2D eigenvalue weighted by atomic mass is 32.2. The smallest absolute Gasteiger partial charge is 0.262 e. The highest BCUT2D eigenvalue weighted by molar-refractivity contribution is 7.92. The SMILES string of the molecule is Cc1cc(F)ccc1S(=O)(=O)Nc1ccccc1C(=O)N1CCCCCC1. The number of hydrogen-bond donors (Lipinski definition) is 1. The molecule has 0 aliphatic carbocycles. The van der Waals surface area contributed by atoms with E-state index in [0.29, 0.717) is 24.2 Å². The molecule has 2 aromatic rings. The summed E-state index contributed by atoms with van der Waals surface area (Å²) < 4.78 is 41.4. The summed E-state index contributed by atoms with van der Waals surface area (Å²) in [5.41, 5.74) is 0.858. The molecule has 0 bridgehead atoms. The van der Waals surface area contributed by atoms with Crippen molar-refractivity contribution in [2.75, 3.05) is 17.8 Å². The van der Waals surface area contributed by atoms with Crippen molar-refractivity contribution in [3.63, 3.8) is 0 Å². The number of nitrogens with one attached hydrogen (secondary N) is 1. The lowest BCUT2D eigenvalue weighted by Crippen LogP contribution is -2.32. The molecule has 0 radical (unpaired) electrons. The first kappa shape index (κ1) is 19.4. The van der Waals surface area contributed by atoms with Crippen LogP contribution in [0.1, 0.15) is 41.6 Å². The normalized spacial score (nSPS) is 15.3. The largest absolute Gasteiger partial charge is 0.339 e. The number of carbonyl (C=O) groups excluding carboxylic acids is 1. The number of rotatable bonds is 4. The van der Waals surface area contributed by atoms with Crippen LogP contribution >= 0.6 is 0 Å². The summed E-state index contributed by atoms with van der Waals surface area (Å²) in [6.45, 7) is 2.89. The minimum atomic E-state index is -3.94. The molecule has 3 rings (SSSR count). The van der Waals surface area contributed by atoms with Gasteiger partial charge in [-0.3, -0.25) is 9.52 Å². The summed E-state index contributed by atoms with van der Waals surface area (Å²) in [5, 5.41) is 0. The van der Waals surface area contributed by atoms with Crippen molar-refractivity contribution in [2.45, 2.75) is 37.5 Å². The quantitative estimate of drug-likeness (QED) is 0.860. The Morgan fingerprint density at radius 2 is 1.70 bits per heavy atom. The Hall–Kier alpha value is -2.41. The molecule has 1 heterocycles. The fourth-order valence-corrected chi connectivity index (χ4v) is 4.62. The van der Waals surface area contributed by atoms with Gasteiger partial charge in [-0.05, 0) is 55.7 Å². The molecular weight excluding hydrogens is 367 g/mol. The van der Waals surface area contributed by atoms with Gasteiger partial charge in [0.2, 0.25) is 0 Å². The maximum absolute atomic E-state index is 13.3. The maximum Gasteiger partial charge on any atom is 0.262 e. The van der Waals surface area contributed by atoms with Gasteiger partial charge in [0.1, 0.15) is 5.82 Å². The van der Waals surface area contributed by atoms with E-state index in [2.05, 4.69) is 4.72 Å². The zero-order chi connectivity index (χ0) is 19.4. The van der Waals surface area contributed by atoms with Gasteiger partial charge >= 0.3 is 0 Å². The van der Waals surface area contributed by atoms with Crippen molar-refractivity contribution in [1.82, 2.24) is 4.90 Å². The minimum absolute atomic E-state index is 0.0130.